The maximum Gasteiger partial charge on any atom is 0.409 e. The summed E-state index contributed by atoms with van der Waals surface area (Å²) in [6, 6.07) is 6.70. The van der Waals surface area contributed by atoms with E-state index >= 15 is 0 Å². The number of hydrogen-bond donors (Lipinski definition) is 1. The van der Waals surface area contributed by atoms with Crippen molar-refractivity contribution in [2.75, 3.05) is 25.5 Å². The van der Waals surface area contributed by atoms with Gasteiger partial charge in [0, 0.05) is 24.2 Å². The first-order valence-corrected chi connectivity index (χ1v) is 8.88. The summed E-state index contributed by atoms with van der Waals surface area (Å²) in [5.41, 5.74) is 0.584. The standard InChI is InChI=1S/C17H18Cl2N4O3/c1-26-17(25)22-8-2-3-12(10-22)21-14-9-20-23(16(24)15(14)19)13-6-4-11(18)5-7-13/h4-7,9,12,21H,2-3,8,10H2,1H3. The fourth-order valence-corrected chi connectivity index (χ4v) is 3.22. The number of amides is 1. The minimum absolute atomic E-state index is 0.0343. The van der Waals surface area contributed by atoms with Crippen molar-refractivity contribution in [1.29, 1.82) is 0 Å². The van der Waals surface area contributed by atoms with Crippen LogP contribution in [0.4, 0.5) is 10.5 Å². The summed E-state index contributed by atoms with van der Waals surface area (Å²) in [5, 5.41) is 8.01. The second-order valence-electron chi connectivity index (χ2n) is 5.97. The average molecular weight is 397 g/mol. The van der Waals surface area contributed by atoms with Crippen LogP contribution in [0.1, 0.15) is 12.8 Å². The van der Waals surface area contributed by atoms with Gasteiger partial charge in [-0.25, -0.2) is 4.79 Å². The first-order chi connectivity index (χ1) is 12.5. The van der Waals surface area contributed by atoms with E-state index < -0.39 is 5.56 Å². The zero-order valence-electron chi connectivity index (χ0n) is 14.1. The molecule has 1 atom stereocenters. The zero-order valence-corrected chi connectivity index (χ0v) is 15.6. The number of carbonyl (C=O) groups excluding carboxylic acids is 1. The number of likely N-dealkylation sites (tertiary alicyclic amines) is 1. The predicted octanol–water partition coefficient (Wildman–Crippen LogP) is 3.18. The Hall–Kier alpha value is -2.25. The average Bonchev–Trinajstić information content (AvgIpc) is 2.66. The lowest BCUT2D eigenvalue weighted by Crippen LogP contribution is -2.45. The third-order valence-electron chi connectivity index (χ3n) is 4.20. The predicted molar refractivity (Wildman–Crippen MR) is 100 cm³/mol. The number of methoxy groups -OCH3 is 1. The van der Waals surface area contributed by atoms with Gasteiger partial charge in [-0.15, -0.1) is 0 Å². The molecular weight excluding hydrogens is 379 g/mol. The molecule has 9 heteroatoms. The summed E-state index contributed by atoms with van der Waals surface area (Å²) >= 11 is 12.1. The van der Waals surface area contributed by atoms with Crippen molar-refractivity contribution in [2.45, 2.75) is 18.9 Å². The Morgan fingerprint density at radius 1 is 1.31 bits per heavy atom. The molecule has 1 amide bonds. The summed E-state index contributed by atoms with van der Waals surface area (Å²) in [5.74, 6) is 0. The number of nitrogens with one attached hydrogen (secondary N) is 1. The maximum atomic E-state index is 12.5. The van der Waals surface area contributed by atoms with E-state index in [1.165, 1.54) is 18.0 Å². The molecule has 2 aromatic rings. The van der Waals surface area contributed by atoms with E-state index in [4.69, 9.17) is 27.9 Å². The quantitative estimate of drug-likeness (QED) is 0.861. The lowest BCUT2D eigenvalue weighted by Gasteiger charge is -2.32. The highest BCUT2D eigenvalue weighted by atomic mass is 35.5. The molecule has 0 saturated carbocycles. The molecule has 1 saturated heterocycles. The first kappa shape index (κ1) is 18.5. The Bertz CT molecular complexity index is 854. The van der Waals surface area contributed by atoms with Crippen LogP contribution in [0.15, 0.2) is 35.3 Å². The number of benzene rings is 1. The molecule has 138 valence electrons. The normalized spacial score (nSPS) is 17.0. The Kier molecular flexibility index (Phi) is 5.68. The van der Waals surface area contributed by atoms with Crippen molar-refractivity contribution in [3.8, 4) is 5.69 Å². The zero-order chi connectivity index (χ0) is 18.7. The third-order valence-corrected chi connectivity index (χ3v) is 4.82. The van der Waals surface area contributed by atoms with Gasteiger partial charge < -0.3 is 15.0 Å². The van der Waals surface area contributed by atoms with Gasteiger partial charge in [0.2, 0.25) is 0 Å². The SMILES string of the molecule is COC(=O)N1CCCC(Nc2cnn(-c3ccc(Cl)cc3)c(=O)c2Cl)C1. The minimum Gasteiger partial charge on any atom is -0.453 e. The molecule has 1 N–H and O–H groups in total. The molecule has 0 radical (unpaired) electrons. The summed E-state index contributed by atoms with van der Waals surface area (Å²) in [6.45, 7) is 1.12. The van der Waals surface area contributed by atoms with E-state index in [9.17, 15) is 9.59 Å². The van der Waals surface area contributed by atoms with Crippen LogP contribution in [-0.2, 0) is 4.74 Å². The van der Waals surface area contributed by atoms with Crippen molar-refractivity contribution >= 4 is 35.0 Å². The maximum absolute atomic E-state index is 12.5. The topological polar surface area (TPSA) is 76.5 Å². The highest BCUT2D eigenvalue weighted by molar-refractivity contribution is 6.33. The van der Waals surface area contributed by atoms with Crippen LogP contribution in [0.3, 0.4) is 0 Å². The second-order valence-corrected chi connectivity index (χ2v) is 6.78. The summed E-state index contributed by atoms with van der Waals surface area (Å²) < 4.78 is 5.98. The van der Waals surface area contributed by atoms with Crippen molar-refractivity contribution < 1.29 is 9.53 Å². The van der Waals surface area contributed by atoms with Gasteiger partial charge in [-0.2, -0.15) is 9.78 Å². The molecule has 26 heavy (non-hydrogen) atoms. The van der Waals surface area contributed by atoms with E-state index in [2.05, 4.69) is 10.4 Å². The van der Waals surface area contributed by atoms with E-state index in [1.54, 1.807) is 29.2 Å². The van der Waals surface area contributed by atoms with Crippen LogP contribution in [0.2, 0.25) is 10.0 Å². The summed E-state index contributed by atoms with van der Waals surface area (Å²) in [7, 11) is 1.36. The van der Waals surface area contributed by atoms with E-state index in [1.807, 2.05) is 0 Å². The molecule has 1 aliphatic heterocycles. The molecule has 2 heterocycles. The highest BCUT2D eigenvalue weighted by Gasteiger charge is 2.25. The van der Waals surface area contributed by atoms with Crippen molar-refractivity contribution in [3.05, 3.63) is 50.9 Å². The van der Waals surface area contributed by atoms with Gasteiger partial charge in [-0.1, -0.05) is 23.2 Å². The lowest BCUT2D eigenvalue weighted by atomic mass is 10.1. The van der Waals surface area contributed by atoms with Gasteiger partial charge in [-0.05, 0) is 37.1 Å². The van der Waals surface area contributed by atoms with Crippen molar-refractivity contribution in [2.24, 2.45) is 0 Å². The van der Waals surface area contributed by atoms with Crippen LogP contribution in [-0.4, -0.2) is 47.0 Å². The van der Waals surface area contributed by atoms with E-state index in [0.29, 0.717) is 29.5 Å². The van der Waals surface area contributed by atoms with E-state index in [-0.39, 0.29) is 17.2 Å². The molecule has 1 aromatic carbocycles. The monoisotopic (exact) mass is 396 g/mol. The van der Waals surface area contributed by atoms with Gasteiger partial charge in [-0.3, -0.25) is 4.79 Å². The van der Waals surface area contributed by atoms with E-state index in [0.717, 1.165) is 12.8 Å². The largest absolute Gasteiger partial charge is 0.453 e. The number of rotatable bonds is 3. The molecule has 7 nitrogen and oxygen atoms in total. The Morgan fingerprint density at radius 2 is 2.04 bits per heavy atom. The van der Waals surface area contributed by atoms with Crippen LogP contribution >= 0.6 is 23.2 Å². The molecule has 0 spiro atoms. The minimum atomic E-state index is -0.431. The van der Waals surface area contributed by atoms with Gasteiger partial charge in [0.05, 0.1) is 24.7 Å². The van der Waals surface area contributed by atoms with Crippen LogP contribution in [0.25, 0.3) is 5.69 Å². The Labute approximate surface area is 160 Å². The molecule has 0 aliphatic carbocycles. The van der Waals surface area contributed by atoms with Crippen molar-refractivity contribution in [3.63, 3.8) is 0 Å². The number of aromatic nitrogens is 2. The molecular formula is C17H18Cl2N4O3. The fourth-order valence-electron chi connectivity index (χ4n) is 2.91. The number of nitrogens with zero attached hydrogens (tertiary/aromatic N) is 3. The van der Waals surface area contributed by atoms with Crippen LogP contribution < -0.4 is 10.9 Å². The second kappa shape index (κ2) is 7.97. The summed E-state index contributed by atoms with van der Waals surface area (Å²) in [4.78, 5) is 25.9. The van der Waals surface area contributed by atoms with Gasteiger partial charge >= 0.3 is 6.09 Å². The number of halogens is 2. The van der Waals surface area contributed by atoms with Crippen LogP contribution in [0.5, 0.6) is 0 Å². The van der Waals surface area contributed by atoms with Gasteiger partial charge in [0.15, 0.2) is 0 Å². The van der Waals surface area contributed by atoms with Gasteiger partial charge in [0.1, 0.15) is 5.02 Å². The lowest BCUT2D eigenvalue weighted by molar-refractivity contribution is 0.113. The molecule has 1 aromatic heterocycles. The first-order valence-electron chi connectivity index (χ1n) is 8.13. The number of carbonyl (C=O) groups is 1. The number of piperidine rings is 1. The number of hydrogen-bond acceptors (Lipinski definition) is 5. The van der Waals surface area contributed by atoms with Crippen molar-refractivity contribution in [1.82, 2.24) is 14.7 Å². The molecule has 0 bridgehead atoms. The molecule has 1 aliphatic rings. The highest BCUT2D eigenvalue weighted by Crippen LogP contribution is 2.21. The Morgan fingerprint density at radius 3 is 2.73 bits per heavy atom. The Balaban J connectivity index is 1.79. The smallest absolute Gasteiger partial charge is 0.409 e. The number of ether oxygens (including phenoxy) is 1. The molecule has 1 fully saturated rings. The van der Waals surface area contributed by atoms with Gasteiger partial charge in [0.25, 0.3) is 5.56 Å². The molecule has 1 unspecified atom stereocenters. The van der Waals surface area contributed by atoms with Crippen LogP contribution in [0, 0.1) is 0 Å². The number of anilines is 1. The summed E-state index contributed by atoms with van der Waals surface area (Å²) in [6.07, 6.45) is 2.83. The molecule has 3 rings (SSSR count). The third kappa shape index (κ3) is 3.94. The fraction of sp³-hybridized carbons (Fsp3) is 0.353.